The second kappa shape index (κ2) is 10.2. The van der Waals surface area contributed by atoms with E-state index in [0.29, 0.717) is 18.1 Å². The third-order valence-electron chi connectivity index (χ3n) is 4.76. The van der Waals surface area contributed by atoms with Crippen LogP contribution in [0.4, 0.5) is 4.39 Å². The van der Waals surface area contributed by atoms with Crippen molar-refractivity contribution in [2.24, 2.45) is 0 Å². The predicted molar refractivity (Wildman–Crippen MR) is 106 cm³/mol. The van der Waals surface area contributed by atoms with Crippen LogP contribution in [-0.4, -0.2) is 13.9 Å². The van der Waals surface area contributed by atoms with Crippen molar-refractivity contribution < 1.29 is 41.1 Å². The van der Waals surface area contributed by atoms with E-state index < -0.39 is 0 Å². The normalized spacial score (nSPS) is 11.7. The summed E-state index contributed by atoms with van der Waals surface area (Å²) in [5.74, 6) is 2.71. The maximum Gasteiger partial charge on any atom is 0.231 e. The van der Waals surface area contributed by atoms with E-state index in [0.717, 1.165) is 41.3 Å². The van der Waals surface area contributed by atoms with Gasteiger partial charge in [-0.1, -0.05) is 18.2 Å². The van der Waals surface area contributed by atoms with Gasteiger partial charge in [-0.25, -0.2) is 4.39 Å². The van der Waals surface area contributed by atoms with Gasteiger partial charge in [0, 0.05) is 5.56 Å². The Hall–Kier alpha value is -2.96. The van der Waals surface area contributed by atoms with Gasteiger partial charge in [0.25, 0.3) is 0 Å². The van der Waals surface area contributed by atoms with Crippen LogP contribution >= 0.6 is 0 Å². The van der Waals surface area contributed by atoms with Crippen molar-refractivity contribution in [1.29, 1.82) is 0 Å². The Morgan fingerprint density at radius 1 is 0.933 bits per heavy atom. The van der Waals surface area contributed by atoms with Crippen molar-refractivity contribution >= 4 is 0 Å². The van der Waals surface area contributed by atoms with Gasteiger partial charge in [-0.2, -0.15) is 0 Å². The minimum atomic E-state index is -0.259. The minimum Gasteiger partial charge on any atom is -1.00 e. The Morgan fingerprint density at radius 3 is 2.50 bits per heavy atom. The number of para-hydroxylation sites is 1. The van der Waals surface area contributed by atoms with Gasteiger partial charge >= 0.3 is 0 Å². The zero-order valence-electron chi connectivity index (χ0n) is 16.6. The Bertz CT molecular complexity index is 981. The molecular formula is C23H23ClFNO4. The molecule has 0 radical (unpaired) electrons. The topological polar surface area (TPSA) is 53.5 Å². The molecule has 30 heavy (non-hydrogen) atoms. The quantitative estimate of drug-likeness (QED) is 0.561. The van der Waals surface area contributed by atoms with Gasteiger partial charge in [0.15, 0.2) is 23.0 Å². The Morgan fingerprint density at radius 2 is 1.70 bits per heavy atom. The summed E-state index contributed by atoms with van der Waals surface area (Å²) in [5, 5.41) is 2.19. The van der Waals surface area contributed by atoms with Crippen molar-refractivity contribution in [1.82, 2.24) is 0 Å². The van der Waals surface area contributed by atoms with E-state index in [1.165, 1.54) is 12.1 Å². The number of ether oxygens (including phenoxy) is 4. The summed E-state index contributed by atoms with van der Waals surface area (Å²) in [7, 11) is 1.63. The van der Waals surface area contributed by atoms with Crippen molar-refractivity contribution in [3.05, 3.63) is 83.2 Å². The number of hydrogen-bond acceptors (Lipinski definition) is 4. The molecule has 0 bridgehead atoms. The zero-order valence-corrected chi connectivity index (χ0v) is 17.3. The third-order valence-corrected chi connectivity index (χ3v) is 4.76. The van der Waals surface area contributed by atoms with Crippen LogP contribution in [0.15, 0.2) is 60.7 Å². The van der Waals surface area contributed by atoms with Gasteiger partial charge in [-0.3, -0.25) is 0 Å². The van der Waals surface area contributed by atoms with Crippen LogP contribution in [0.5, 0.6) is 23.0 Å². The molecule has 2 N–H and O–H groups in total. The van der Waals surface area contributed by atoms with E-state index >= 15 is 0 Å². The van der Waals surface area contributed by atoms with Gasteiger partial charge < -0.3 is 36.7 Å². The van der Waals surface area contributed by atoms with Crippen LogP contribution in [0.2, 0.25) is 0 Å². The van der Waals surface area contributed by atoms with Gasteiger partial charge in [0.05, 0.1) is 12.7 Å². The summed E-state index contributed by atoms with van der Waals surface area (Å²) in [6.45, 7) is 2.15. The number of benzene rings is 3. The molecular weight excluding hydrogens is 409 g/mol. The molecule has 0 atom stereocenters. The van der Waals surface area contributed by atoms with Crippen LogP contribution in [0.25, 0.3) is 0 Å². The molecule has 0 saturated carbocycles. The smallest absolute Gasteiger partial charge is 0.231 e. The lowest BCUT2D eigenvalue weighted by molar-refractivity contribution is -0.686. The number of quaternary nitrogens is 1. The Labute approximate surface area is 181 Å². The third kappa shape index (κ3) is 5.14. The van der Waals surface area contributed by atoms with E-state index in [4.69, 9.17) is 18.9 Å². The fraction of sp³-hybridized carbons (Fsp3) is 0.217. The first-order chi connectivity index (χ1) is 14.2. The van der Waals surface area contributed by atoms with Crippen molar-refractivity contribution in [2.75, 3.05) is 13.9 Å². The molecule has 5 nitrogen and oxygen atoms in total. The van der Waals surface area contributed by atoms with E-state index in [1.54, 1.807) is 19.2 Å². The van der Waals surface area contributed by atoms with E-state index in [1.807, 2.05) is 36.4 Å². The van der Waals surface area contributed by atoms with Crippen LogP contribution < -0.4 is 36.7 Å². The molecule has 0 fully saturated rings. The number of hydrogen-bond donors (Lipinski definition) is 1. The summed E-state index contributed by atoms with van der Waals surface area (Å²) in [6, 6.07) is 18.1. The molecule has 0 aromatic heterocycles. The molecule has 4 rings (SSSR count). The summed E-state index contributed by atoms with van der Waals surface area (Å²) in [5.41, 5.74) is 3.09. The monoisotopic (exact) mass is 431 g/mol. The number of methoxy groups -OCH3 is 1. The lowest BCUT2D eigenvalue weighted by atomic mass is 10.1. The highest BCUT2D eigenvalue weighted by Crippen LogP contribution is 2.33. The summed E-state index contributed by atoms with van der Waals surface area (Å²) < 4.78 is 35.4. The fourth-order valence-electron chi connectivity index (χ4n) is 3.24. The number of nitrogens with two attached hydrogens (primary N) is 1. The summed E-state index contributed by atoms with van der Waals surface area (Å²) in [6.07, 6.45) is 0. The average molecular weight is 432 g/mol. The molecule has 0 spiro atoms. The highest BCUT2D eigenvalue weighted by molar-refractivity contribution is 5.46. The van der Waals surface area contributed by atoms with E-state index in [-0.39, 0.29) is 25.0 Å². The maximum atomic E-state index is 13.1. The largest absolute Gasteiger partial charge is 1.00 e. The predicted octanol–water partition coefficient (Wildman–Crippen LogP) is 0.410. The first-order valence-corrected chi connectivity index (χ1v) is 9.46. The SMILES string of the molecule is COc1cccc(C[NH2+]Cc2ccc3c(c2)OCO3)c1OCc1ccc(F)cc1.[Cl-]. The van der Waals surface area contributed by atoms with Crippen LogP contribution in [0.3, 0.4) is 0 Å². The van der Waals surface area contributed by atoms with Crippen LogP contribution in [0, 0.1) is 5.82 Å². The second-order valence-electron chi connectivity index (χ2n) is 6.75. The number of fused-ring (bicyclic) bond motifs is 1. The molecule has 0 saturated heterocycles. The Balaban J connectivity index is 0.00000256. The van der Waals surface area contributed by atoms with Gasteiger partial charge in [-0.05, 0) is 48.0 Å². The molecule has 3 aromatic carbocycles. The molecule has 7 heteroatoms. The first kappa shape index (κ1) is 21.7. The van der Waals surface area contributed by atoms with E-state index in [2.05, 4.69) is 5.32 Å². The first-order valence-electron chi connectivity index (χ1n) is 9.46. The lowest BCUT2D eigenvalue weighted by Gasteiger charge is -2.15. The standard InChI is InChI=1S/C23H22FNO4.ClH/c1-26-21-4-2-3-18(23(21)27-14-16-5-8-19(24)9-6-16)13-25-12-17-7-10-20-22(11-17)29-15-28-20;/h2-11,25H,12-15H2,1H3;1H. The van der Waals surface area contributed by atoms with Crippen LogP contribution in [-0.2, 0) is 19.7 Å². The lowest BCUT2D eigenvalue weighted by Crippen LogP contribution is -3.00. The molecule has 3 aromatic rings. The molecule has 1 aliphatic heterocycles. The van der Waals surface area contributed by atoms with E-state index in [9.17, 15) is 4.39 Å². The molecule has 0 aliphatic carbocycles. The van der Waals surface area contributed by atoms with Crippen molar-refractivity contribution in [3.63, 3.8) is 0 Å². The maximum absolute atomic E-state index is 13.1. The number of rotatable bonds is 8. The number of halogens is 2. The molecule has 1 heterocycles. The summed E-state index contributed by atoms with van der Waals surface area (Å²) >= 11 is 0. The van der Waals surface area contributed by atoms with Crippen molar-refractivity contribution in [3.8, 4) is 23.0 Å². The van der Waals surface area contributed by atoms with Gasteiger partial charge in [-0.15, -0.1) is 0 Å². The Kier molecular flexibility index (Phi) is 7.38. The fourth-order valence-corrected chi connectivity index (χ4v) is 3.24. The highest BCUT2D eigenvalue weighted by Gasteiger charge is 2.15. The molecule has 0 amide bonds. The second-order valence-corrected chi connectivity index (χ2v) is 6.75. The van der Waals surface area contributed by atoms with Gasteiger partial charge in [0.2, 0.25) is 6.79 Å². The molecule has 0 unspecified atom stereocenters. The summed E-state index contributed by atoms with van der Waals surface area (Å²) in [4.78, 5) is 0. The average Bonchev–Trinajstić information content (AvgIpc) is 3.21. The zero-order chi connectivity index (χ0) is 20.1. The molecule has 1 aliphatic rings. The van der Waals surface area contributed by atoms with Crippen molar-refractivity contribution in [2.45, 2.75) is 19.7 Å². The molecule has 158 valence electrons. The highest BCUT2D eigenvalue weighted by atomic mass is 35.5. The van der Waals surface area contributed by atoms with Gasteiger partial charge in [0.1, 0.15) is 25.5 Å². The minimum absolute atomic E-state index is 0. The van der Waals surface area contributed by atoms with Crippen LogP contribution in [0.1, 0.15) is 16.7 Å².